The van der Waals surface area contributed by atoms with Crippen molar-refractivity contribution in [1.29, 1.82) is 0 Å². The molecule has 7 heteroatoms. The second kappa shape index (κ2) is 6.47. The van der Waals surface area contributed by atoms with Gasteiger partial charge in [-0.15, -0.1) is 0 Å². The molecule has 19 heavy (non-hydrogen) atoms. The zero-order chi connectivity index (χ0) is 14.6. The Balaban J connectivity index is 2.88. The van der Waals surface area contributed by atoms with E-state index in [0.717, 1.165) is 6.07 Å². The fraction of sp³-hybridized carbons (Fsp3) is 0.333. The summed E-state index contributed by atoms with van der Waals surface area (Å²) in [5.74, 6) is -2.14. The molecule has 0 radical (unpaired) electrons. The van der Waals surface area contributed by atoms with Crippen molar-refractivity contribution in [3.63, 3.8) is 0 Å². The highest BCUT2D eigenvalue weighted by molar-refractivity contribution is 6.31. The van der Waals surface area contributed by atoms with Gasteiger partial charge in [0.15, 0.2) is 5.82 Å². The van der Waals surface area contributed by atoms with E-state index in [1.54, 1.807) is 0 Å². The number of imide groups is 1. The number of nitrogens with one attached hydrogen (secondary N) is 1. The average molecular weight is 291 g/mol. The minimum atomic E-state index is -0.863. The molecule has 0 heterocycles. The van der Waals surface area contributed by atoms with E-state index < -0.39 is 17.5 Å². The van der Waals surface area contributed by atoms with Crippen molar-refractivity contribution in [1.82, 2.24) is 5.32 Å². The highest BCUT2D eigenvalue weighted by atomic mass is 35.5. The van der Waals surface area contributed by atoms with Crippen molar-refractivity contribution < 1.29 is 18.4 Å². The topological polar surface area (TPSA) is 49.4 Å². The molecule has 0 unspecified atom stereocenters. The van der Waals surface area contributed by atoms with E-state index in [1.165, 1.54) is 18.9 Å². The van der Waals surface area contributed by atoms with Gasteiger partial charge in [0, 0.05) is 20.0 Å². The molecule has 0 aliphatic rings. The molecule has 0 atom stereocenters. The fourth-order valence-corrected chi connectivity index (χ4v) is 1.72. The fourth-order valence-electron chi connectivity index (χ4n) is 1.57. The van der Waals surface area contributed by atoms with Gasteiger partial charge in [0.1, 0.15) is 11.5 Å². The molecule has 0 saturated heterocycles. The number of anilines is 1. The number of hydrogen-bond acceptors (Lipinski definition) is 3. The lowest BCUT2D eigenvalue weighted by Gasteiger charge is -2.21. The first kappa shape index (κ1) is 15.4. The summed E-state index contributed by atoms with van der Waals surface area (Å²) in [7, 11) is 1.43. The average Bonchev–Trinajstić information content (AvgIpc) is 2.34. The first-order valence-electron chi connectivity index (χ1n) is 5.46. The van der Waals surface area contributed by atoms with Gasteiger partial charge in [-0.25, -0.2) is 8.78 Å². The van der Waals surface area contributed by atoms with Gasteiger partial charge in [0.25, 0.3) is 0 Å². The number of carbonyl (C=O) groups excluding carboxylic acids is 2. The zero-order valence-electron chi connectivity index (χ0n) is 10.5. The van der Waals surface area contributed by atoms with E-state index in [4.69, 9.17) is 11.6 Å². The van der Waals surface area contributed by atoms with Gasteiger partial charge in [-0.3, -0.25) is 14.9 Å². The maximum atomic E-state index is 13.9. The van der Waals surface area contributed by atoms with Gasteiger partial charge < -0.3 is 4.90 Å². The Morgan fingerprint density at radius 2 is 2.16 bits per heavy atom. The van der Waals surface area contributed by atoms with Gasteiger partial charge in [0.2, 0.25) is 12.3 Å². The van der Waals surface area contributed by atoms with E-state index in [0.29, 0.717) is 5.56 Å². The SMILES string of the molecule is Cc1cc(F)c(N(C)CCC(=O)NC=O)c(F)c1Cl. The molecule has 0 aliphatic carbocycles. The Bertz CT molecular complexity index is 509. The van der Waals surface area contributed by atoms with Gasteiger partial charge in [-0.1, -0.05) is 11.6 Å². The van der Waals surface area contributed by atoms with Crippen LogP contribution in [0, 0.1) is 18.6 Å². The molecule has 0 bridgehead atoms. The predicted octanol–water partition coefficient (Wildman–Crippen LogP) is 2.03. The Hall–Kier alpha value is -1.69. The van der Waals surface area contributed by atoms with Crippen LogP contribution in [0.1, 0.15) is 12.0 Å². The molecule has 0 fully saturated rings. The molecule has 0 aliphatic heterocycles. The second-order valence-electron chi connectivity index (χ2n) is 4.01. The van der Waals surface area contributed by atoms with Crippen molar-refractivity contribution in [2.24, 2.45) is 0 Å². The number of nitrogens with zero attached hydrogens (tertiary/aromatic N) is 1. The molecular weight excluding hydrogens is 278 g/mol. The van der Waals surface area contributed by atoms with Crippen LogP contribution in [0.25, 0.3) is 0 Å². The van der Waals surface area contributed by atoms with Crippen LogP contribution in [0.3, 0.4) is 0 Å². The molecule has 104 valence electrons. The van der Waals surface area contributed by atoms with Crippen molar-refractivity contribution in [2.45, 2.75) is 13.3 Å². The van der Waals surface area contributed by atoms with Crippen LogP contribution in [-0.2, 0) is 9.59 Å². The molecule has 1 aromatic carbocycles. The molecule has 0 saturated carbocycles. The Morgan fingerprint density at radius 3 is 2.74 bits per heavy atom. The lowest BCUT2D eigenvalue weighted by atomic mass is 10.2. The van der Waals surface area contributed by atoms with E-state index >= 15 is 0 Å². The summed E-state index contributed by atoms with van der Waals surface area (Å²) in [6, 6.07) is 1.13. The normalized spacial score (nSPS) is 10.2. The lowest BCUT2D eigenvalue weighted by Crippen LogP contribution is -2.28. The lowest BCUT2D eigenvalue weighted by molar-refractivity contribution is -0.125. The summed E-state index contributed by atoms with van der Waals surface area (Å²) in [5.41, 5.74) is 0.00187. The van der Waals surface area contributed by atoms with E-state index in [1.807, 2.05) is 5.32 Å². The Morgan fingerprint density at radius 1 is 1.53 bits per heavy atom. The van der Waals surface area contributed by atoms with Crippen LogP contribution in [0.5, 0.6) is 0 Å². The zero-order valence-corrected chi connectivity index (χ0v) is 11.2. The number of carbonyl (C=O) groups is 2. The highest BCUT2D eigenvalue weighted by Gasteiger charge is 2.19. The van der Waals surface area contributed by atoms with Gasteiger partial charge in [-0.2, -0.15) is 0 Å². The predicted molar refractivity (Wildman–Crippen MR) is 68.2 cm³/mol. The summed E-state index contributed by atoms with van der Waals surface area (Å²) >= 11 is 5.72. The van der Waals surface area contributed by atoms with Crippen LogP contribution in [0.15, 0.2) is 6.07 Å². The smallest absolute Gasteiger partial charge is 0.228 e. The first-order valence-corrected chi connectivity index (χ1v) is 5.84. The minimum absolute atomic E-state index is 0.0485. The molecule has 0 spiro atoms. The van der Waals surface area contributed by atoms with Gasteiger partial charge in [0.05, 0.1) is 5.02 Å². The van der Waals surface area contributed by atoms with E-state index in [-0.39, 0.29) is 30.1 Å². The summed E-state index contributed by atoms with van der Waals surface area (Å²) in [5, 5.41) is 1.79. The van der Waals surface area contributed by atoms with Crippen molar-refractivity contribution in [3.05, 3.63) is 28.3 Å². The van der Waals surface area contributed by atoms with Crippen LogP contribution in [0.2, 0.25) is 5.02 Å². The standard InChI is InChI=1S/C12H13ClF2N2O2/c1-7-5-8(14)12(11(15)10(7)13)17(2)4-3-9(19)16-6-18/h5-6H,3-4H2,1-2H3,(H,16,18,19). The molecule has 2 amide bonds. The number of hydrogen-bond donors (Lipinski definition) is 1. The molecule has 0 aromatic heterocycles. The monoisotopic (exact) mass is 290 g/mol. The van der Waals surface area contributed by atoms with E-state index in [2.05, 4.69) is 0 Å². The number of rotatable bonds is 5. The Labute approximate surface area is 114 Å². The number of aryl methyl sites for hydroxylation is 1. The van der Waals surface area contributed by atoms with Crippen molar-refractivity contribution in [2.75, 3.05) is 18.5 Å². The summed E-state index contributed by atoms with van der Waals surface area (Å²) in [6.07, 6.45) is 0.186. The van der Waals surface area contributed by atoms with Crippen LogP contribution < -0.4 is 10.2 Å². The van der Waals surface area contributed by atoms with Gasteiger partial charge >= 0.3 is 0 Å². The molecule has 1 aromatic rings. The Kier molecular flexibility index (Phi) is 5.23. The number of amides is 2. The summed E-state index contributed by atoms with van der Waals surface area (Å²) < 4.78 is 27.6. The van der Waals surface area contributed by atoms with Crippen LogP contribution in [-0.4, -0.2) is 25.9 Å². The molecule has 4 nitrogen and oxygen atoms in total. The van der Waals surface area contributed by atoms with Crippen LogP contribution in [0.4, 0.5) is 14.5 Å². The third-order valence-corrected chi connectivity index (χ3v) is 3.06. The molecular formula is C12H13ClF2N2O2. The summed E-state index contributed by atoms with van der Waals surface area (Å²) in [4.78, 5) is 22.4. The van der Waals surface area contributed by atoms with Crippen LogP contribution >= 0.6 is 11.6 Å². The van der Waals surface area contributed by atoms with Gasteiger partial charge in [-0.05, 0) is 18.6 Å². The number of halogens is 3. The van der Waals surface area contributed by atoms with Crippen molar-refractivity contribution >= 4 is 29.6 Å². The third-order valence-electron chi connectivity index (χ3n) is 2.59. The van der Waals surface area contributed by atoms with Crippen molar-refractivity contribution in [3.8, 4) is 0 Å². The first-order chi connectivity index (χ1) is 8.88. The molecule has 1 rings (SSSR count). The largest absolute Gasteiger partial charge is 0.369 e. The maximum absolute atomic E-state index is 13.9. The maximum Gasteiger partial charge on any atom is 0.228 e. The second-order valence-corrected chi connectivity index (χ2v) is 4.39. The molecule has 1 N–H and O–H groups in total. The third kappa shape index (κ3) is 3.64. The minimum Gasteiger partial charge on any atom is -0.369 e. The quantitative estimate of drug-likeness (QED) is 0.667. The number of benzene rings is 1. The highest BCUT2D eigenvalue weighted by Crippen LogP contribution is 2.31. The van der Waals surface area contributed by atoms with E-state index in [9.17, 15) is 18.4 Å². The summed E-state index contributed by atoms with van der Waals surface area (Å²) in [6.45, 7) is 1.54.